The standard InChI is InChI=1S/C15H27N3O2S/c1-12-6-10-21-14(12)11-18(8-7-17(3)4)15(20)16-13(2)5-9-19/h6,10,13,19H,5,7-9,11H2,1-4H3,(H,16,20)/t13-/m0/s1. The summed E-state index contributed by atoms with van der Waals surface area (Å²) in [5, 5.41) is 13.9. The number of urea groups is 1. The molecule has 0 fully saturated rings. The third-order valence-corrected chi connectivity index (χ3v) is 4.35. The van der Waals surface area contributed by atoms with Crippen molar-refractivity contribution in [3.8, 4) is 0 Å². The third-order valence-electron chi connectivity index (χ3n) is 3.34. The van der Waals surface area contributed by atoms with Gasteiger partial charge in [-0.15, -0.1) is 11.3 Å². The van der Waals surface area contributed by atoms with Crippen molar-refractivity contribution in [2.75, 3.05) is 33.8 Å². The zero-order valence-corrected chi connectivity index (χ0v) is 14.2. The van der Waals surface area contributed by atoms with Crippen LogP contribution in [0.3, 0.4) is 0 Å². The van der Waals surface area contributed by atoms with Crippen LogP contribution in [0.2, 0.25) is 0 Å². The van der Waals surface area contributed by atoms with Crippen molar-refractivity contribution < 1.29 is 9.90 Å². The van der Waals surface area contributed by atoms with Crippen LogP contribution in [0.25, 0.3) is 0 Å². The maximum atomic E-state index is 12.4. The van der Waals surface area contributed by atoms with Crippen molar-refractivity contribution in [2.45, 2.75) is 32.9 Å². The topological polar surface area (TPSA) is 55.8 Å². The van der Waals surface area contributed by atoms with Gasteiger partial charge in [0.2, 0.25) is 0 Å². The molecule has 1 aromatic heterocycles. The van der Waals surface area contributed by atoms with Gasteiger partial charge in [-0.1, -0.05) is 0 Å². The van der Waals surface area contributed by atoms with Gasteiger partial charge in [-0.3, -0.25) is 0 Å². The van der Waals surface area contributed by atoms with Crippen molar-refractivity contribution in [2.24, 2.45) is 0 Å². The van der Waals surface area contributed by atoms with E-state index >= 15 is 0 Å². The fourth-order valence-electron chi connectivity index (χ4n) is 1.88. The summed E-state index contributed by atoms with van der Waals surface area (Å²) in [7, 11) is 4.00. The Labute approximate surface area is 131 Å². The van der Waals surface area contributed by atoms with Gasteiger partial charge in [-0.05, 0) is 51.4 Å². The van der Waals surface area contributed by atoms with Gasteiger partial charge in [0.15, 0.2) is 0 Å². The number of carbonyl (C=O) groups excluding carboxylic acids is 1. The van der Waals surface area contributed by atoms with E-state index in [1.165, 1.54) is 10.4 Å². The maximum absolute atomic E-state index is 12.4. The Morgan fingerprint density at radius 3 is 2.67 bits per heavy atom. The number of carbonyl (C=O) groups is 1. The van der Waals surface area contributed by atoms with Gasteiger partial charge in [-0.25, -0.2) is 4.79 Å². The van der Waals surface area contributed by atoms with E-state index in [1.54, 1.807) is 11.3 Å². The number of nitrogens with zero attached hydrogens (tertiary/aromatic N) is 2. The normalized spacial score (nSPS) is 12.5. The minimum absolute atomic E-state index is 0.0196. The van der Waals surface area contributed by atoms with Gasteiger partial charge >= 0.3 is 6.03 Å². The molecule has 0 unspecified atom stereocenters. The SMILES string of the molecule is Cc1ccsc1CN(CCN(C)C)C(=O)N[C@@H](C)CCO. The Balaban J connectivity index is 2.67. The molecule has 2 N–H and O–H groups in total. The fourth-order valence-corrected chi connectivity index (χ4v) is 2.80. The lowest BCUT2D eigenvalue weighted by Crippen LogP contribution is -2.45. The van der Waals surface area contributed by atoms with Gasteiger partial charge in [0.05, 0.1) is 6.54 Å². The lowest BCUT2D eigenvalue weighted by atomic mass is 10.2. The van der Waals surface area contributed by atoms with Crippen LogP contribution in [-0.4, -0.2) is 60.8 Å². The van der Waals surface area contributed by atoms with Gasteiger partial charge in [0, 0.05) is 30.6 Å². The molecular weight excluding hydrogens is 286 g/mol. The Morgan fingerprint density at radius 2 is 2.14 bits per heavy atom. The first-order valence-corrected chi connectivity index (χ1v) is 8.16. The highest BCUT2D eigenvalue weighted by molar-refractivity contribution is 7.10. The van der Waals surface area contributed by atoms with Crippen LogP contribution in [-0.2, 0) is 6.54 Å². The van der Waals surface area contributed by atoms with E-state index in [-0.39, 0.29) is 18.7 Å². The summed E-state index contributed by atoms with van der Waals surface area (Å²) in [5.74, 6) is 0. The number of aryl methyl sites for hydroxylation is 1. The van der Waals surface area contributed by atoms with Crippen LogP contribution < -0.4 is 5.32 Å². The van der Waals surface area contributed by atoms with E-state index in [9.17, 15) is 4.79 Å². The van der Waals surface area contributed by atoms with Crippen LogP contribution in [0.5, 0.6) is 0 Å². The molecule has 0 saturated carbocycles. The number of likely N-dealkylation sites (N-methyl/N-ethyl adjacent to an activating group) is 1. The van der Waals surface area contributed by atoms with Gasteiger partial charge < -0.3 is 20.2 Å². The molecule has 0 aliphatic heterocycles. The Morgan fingerprint density at radius 1 is 1.43 bits per heavy atom. The molecule has 1 aromatic rings. The molecule has 1 rings (SSSR count). The molecule has 5 nitrogen and oxygen atoms in total. The zero-order valence-electron chi connectivity index (χ0n) is 13.4. The largest absolute Gasteiger partial charge is 0.396 e. The average molecular weight is 313 g/mol. The molecule has 2 amide bonds. The predicted molar refractivity (Wildman–Crippen MR) is 87.7 cm³/mol. The first-order chi connectivity index (χ1) is 9.93. The number of amides is 2. The zero-order chi connectivity index (χ0) is 15.8. The highest BCUT2D eigenvalue weighted by Gasteiger charge is 2.17. The molecule has 0 aliphatic carbocycles. The van der Waals surface area contributed by atoms with Gasteiger partial charge in [-0.2, -0.15) is 0 Å². The van der Waals surface area contributed by atoms with Gasteiger partial charge in [0.1, 0.15) is 0 Å². The number of nitrogens with one attached hydrogen (secondary N) is 1. The summed E-state index contributed by atoms with van der Waals surface area (Å²) in [6.07, 6.45) is 0.575. The van der Waals surface area contributed by atoms with Crippen molar-refractivity contribution in [3.63, 3.8) is 0 Å². The summed E-state index contributed by atoms with van der Waals surface area (Å²) in [5.41, 5.74) is 1.23. The molecule has 1 atom stereocenters. The predicted octanol–water partition coefficient (Wildman–Crippen LogP) is 1.90. The fraction of sp³-hybridized carbons (Fsp3) is 0.667. The number of thiophene rings is 1. The smallest absolute Gasteiger partial charge is 0.317 e. The van der Waals surface area contributed by atoms with E-state index in [0.29, 0.717) is 19.5 Å². The molecule has 0 radical (unpaired) electrons. The Kier molecular flexibility index (Phi) is 7.71. The number of aliphatic hydroxyl groups excluding tert-OH is 1. The van der Waals surface area contributed by atoms with E-state index < -0.39 is 0 Å². The quantitative estimate of drug-likeness (QED) is 0.771. The summed E-state index contributed by atoms with van der Waals surface area (Å²) in [6.45, 7) is 6.21. The first-order valence-electron chi connectivity index (χ1n) is 7.28. The van der Waals surface area contributed by atoms with Crippen molar-refractivity contribution in [1.29, 1.82) is 0 Å². The van der Waals surface area contributed by atoms with Crippen molar-refractivity contribution in [3.05, 3.63) is 21.9 Å². The van der Waals surface area contributed by atoms with E-state index in [2.05, 4.69) is 28.6 Å². The molecule has 0 saturated heterocycles. The molecule has 0 aromatic carbocycles. The highest BCUT2D eigenvalue weighted by atomic mass is 32.1. The van der Waals surface area contributed by atoms with Crippen LogP contribution >= 0.6 is 11.3 Å². The molecule has 0 spiro atoms. The second kappa shape index (κ2) is 9.02. The molecule has 21 heavy (non-hydrogen) atoms. The summed E-state index contributed by atoms with van der Waals surface area (Å²) >= 11 is 1.68. The van der Waals surface area contributed by atoms with Gasteiger partial charge in [0.25, 0.3) is 0 Å². The van der Waals surface area contributed by atoms with Crippen LogP contribution in [0.15, 0.2) is 11.4 Å². The van der Waals surface area contributed by atoms with Crippen LogP contribution in [0.4, 0.5) is 4.79 Å². The average Bonchev–Trinajstić information content (AvgIpc) is 2.79. The lowest BCUT2D eigenvalue weighted by molar-refractivity contribution is 0.183. The summed E-state index contributed by atoms with van der Waals surface area (Å²) in [4.78, 5) is 17.5. The molecular formula is C15H27N3O2S. The minimum atomic E-state index is -0.0643. The lowest BCUT2D eigenvalue weighted by Gasteiger charge is -2.26. The number of rotatable bonds is 8. The van der Waals surface area contributed by atoms with Crippen LogP contribution in [0.1, 0.15) is 23.8 Å². The second-order valence-electron chi connectivity index (χ2n) is 5.61. The number of aliphatic hydroxyl groups is 1. The first kappa shape index (κ1) is 17.9. The molecule has 0 aliphatic rings. The minimum Gasteiger partial charge on any atom is -0.396 e. The summed E-state index contributed by atoms with van der Waals surface area (Å²) in [6, 6.07) is 2.00. The highest BCUT2D eigenvalue weighted by Crippen LogP contribution is 2.18. The second-order valence-corrected chi connectivity index (χ2v) is 6.62. The molecule has 1 heterocycles. The summed E-state index contributed by atoms with van der Waals surface area (Å²) < 4.78 is 0. The van der Waals surface area contributed by atoms with E-state index in [0.717, 1.165) is 6.54 Å². The molecule has 0 bridgehead atoms. The Bertz CT molecular complexity index is 434. The van der Waals surface area contributed by atoms with Crippen LogP contribution in [0, 0.1) is 6.92 Å². The van der Waals surface area contributed by atoms with E-state index in [1.807, 2.05) is 25.9 Å². The maximum Gasteiger partial charge on any atom is 0.317 e. The molecule has 120 valence electrons. The number of hydrogen-bond acceptors (Lipinski definition) is 4. The third kappa shape index (κ3) is 6.46. The molecule has 6 heteroatoms. The monoisotopic (exact) mass is 313 g/mol. The van der Waals surface area contributed by atoms with Crippen molar-refractivity contribution in [1.82, 2.24) is 15.1 Å². The Hall–Kier alpha value is -1.11. The number of hydrogen-bond donors (Lipinski definition) is 2. The van der Waals surface area contributed by atoms with E-state index in [4.69, 9.17) is 5.11 Å². The van der Waals surface area contributed by atoms with Crippen molar-refractivity contribution >= 4 is 17.4 Å².